The van der Waals surface area contributed by atoms with Crippen molar-refractivity contribution in [2.75, 3.05) is 31.1 Å². The molecule has 9 heteroatoms. The van der Waals surface area contributed by atoms with Crippen LogP contribution in [0.2, 0.25) is 0 Å². The molecule has 4 rings (SSSR count). The molecular weight excluding hydrogens is 338 g/mol. The van der Waals surface area contributed by atoms with Gasteiger partial charge in [-0.15, -0.1) is 5.10 Å². The van der Waals surface area contributed by atoms with Gasteiger partial charge in [-0.05, 0) is 30.6 Å². The highest BCUT2D eigenvalue weighted by Crippen LogP contribution is 2.18. The lowest BCUT2D eigenvalue weighted by Crippen LogP contribution is -2.49. The average molecular weight is 355 g/mol. The largest absolute Gasteiger partial charge is 0.353 e. The summed E-state index contributed by atoms with van der Waals surface area (Å²) in [5.41, 5.74) is 0.699. The molecule has 128 valence electrons. The number of hydrogen-bond acceptors (Lipinski definition) is 7. The third-order valence-corrected chi connectivity index (χ3v) is 5.06. The van der Waals surface area contributed by atoms with Crippen molar-refractivity contribution in [2.24, 2.45) is 0 Å². The SMILES string of the molecule is Cc1nnsc1C(=O)N1CCN(c2cc(-n3cccc3)ncn2)CC1. The molecule has 25 heavy (non-hydrogen) atoms. The van der Waals surface area contributed by atoms with Crippen molar-refractivity contribution in [1.82, 2.24) is 29.0 Å². The molecule has 0 bridgehead atoms. The van der Waals surface area contributed by atoms with E-state index in [2.05, 4.69) is 24.5 Å². The molecule has 1 fully saturated rings. The number of carbonyl (C=O) groups is 1. The monoisotopic (exact) mass is 355 g/mol. The molecule has 0 radical (unpaired) electrons. The fourth-order valence-electron chi connectivity index (χ4n) is 2.85. The van der Waals surface area contributed by atoms with Gasteiger partial charge in [0.25, 0.3) is 5.91 Å². The van der Waals surface area contributed by atoms with Gasteiger partial charge in [0.1, 0.15) is 22.8 Å². The van der Waals surface area contributed by atoms with Crippen molar-refractivity contribution < 1.29 is 4.79 Å². The highest BCUT2D eigenvalue weighted by Gasteiger charge is 2.25. The third-order valence-electron chi connectivity index (χ3n) is 4.24. The number of aryl methyl sites for hydroxylation is 1. The molecule has 3 aromatic rings. The smallest absolute Gasteiger partial charge is 0.267 e. The van der Waals surface area contributed by atoms with Crippen molar-refractivity contribution >= 4 is 23.3 Å². The molecule has 0 aliphatic carbocycles. The van der Waals surface area contributed by atoms with Crippen LogP contribution in [0.5, 0.6) is 0 Å². The van der Waals surface area contributed by atoms with E-state index >= 15 is 0 Å². The topological polar surface area (TPSA) is 80.0 Å². The molecule has 8 nitrogen and oxygen atoms in total. The molecule has 3 aromatic heterocycles. The second-order valence-corrected chi connectivity index (χ2v) is 6.55. The summed E-state index contributed by atoms with van der Waals surface area (Å²) < 4.78 is 5.80. The molecule has 1 aliphatic heterocycles. The lowest BCUT2D eigenvalue weighted by Gasteiger charge is -2.35. The number of carbonyl (C=O) groups excluding carboxylic acids is 1. The lowest BCUT2D eigenvalue weighted by atomic mass is 10.2. The maximum Gasteiger partial charge on any atom is 0.267 e. The zero-order valence-electron chi connectivity index (χ0n) is 13.7. The van der Waals surface area contributed by atoms with Crippen molar-refractivity contribution in [1.29, 1.82) is 0 Å². The van der Waals surface area contributed by atoms with Gasteiger partial charge in [-0.2, -0.15) is 0 Å². The molecule has 0 unspecified atom stereocenters. The van der Waals surface area contributed by atoms with Crippen molar-refractivity contribution in [3.63, 3.8) is 0 Å². The van der Waals surface area contributed by atoms with Crippen LogP contribution >= 0.6 is 11.5 Å². The maximum absolute atomic E-state index is 12.5. The van der Waals surface area contributed by atoms with Gasteiger partial charge in [0.2, 0.25) is 0 Å². The van der Waals surface area contributed by atoms with Crippen molar-refractivity contribution in [3.05, 3.63) is 47.5 Å². The number of aromatic nitrogens is 5. The fourth-order valence-corrected chi connectivity index (χ4v) is 3.47. The predicted octanol–water partition coefficient (Wildman–Crippen LogP) is 1.39. The molecule has 0 atom stereocenters. The summed E-state index contributed by atoms with van der Waals surface area (Å²) in [4.78, 5) is 25.9. The summed E-state index contributed by atoms with van der Waals surface area (Å²) in [7, 11) is 0. The molecule has 0 saturated carbocycles. The van der Waals surface area contributed by atoms with E-state index in [1.807, 2.05) is 47.0 Å². The van der Waals surface area contributed by atoms with Crippen LogP contribution in [0.15, 0.2) is 36.9 Å². The Hall–Kier alpha value is -2.81. The van der Waals surface area contributed by atoms with Crippen LogP contribution in [0.25, 0.3) is 5.82 Å². The highest BCUT2D eigenvalue weighted by molar-refractivity contribution is 7.07. The van der Waals surface area contributed by atoms with Crippen LogP contribution in [0.1, 0.15) is 15.4 Å². The number of nitrogens with zero attached hydrogens (tertiary/aromatic N) is 7. The van der Waals surface area contributed by atoms with Gasteiger partial charge < -0.3 is 14.4 Å². The van der Waals surface area contributed by atoms with Gasteiger partial charge in [-0.3, -0.25) is 4.79 Å². The Kier molecular flexibility index (Phi) is 4.14. The number of hydrogen-bond donors (Lipinski definition) is 0. The minimum absolute atomic E-state index is 0.0165. The van der Waals surface area contributed by atoms with Crippen LogP contribution in [0, 0.1) is 6.92 Å². The number of piperazine rings is 1. The first-order valence-corrected chi connectivity index (χ1v) is 8.78. The van der Waals surface area contributed by atoms with E-state index in [-0.39, 0.29) is 5.91 Å². The molecule has 1 amide bonds. The summed E-state index contributed by atoms with van der Waals surface area (Å²) in [6.07, 6.45) is 5.48. The Morgan fingerprint density at radius 3 is 2.48 bits per heavy atom. The Morgan fingerprint density at radius 2 is 1.80 bits per heavy atom. The zero-order valence-corrected chi connectivity index (χ0v) is 14.6. The molecule has 0 aromatic carbocycles. The Labute approximate surface area is 148 Å². The van der Waals surface area contributed by atoms with E-state index in [1.165, 1.54) is 0 Å². The summed E-state index contributed by atoms with van der Waals surface area (Å²) in [5.74, 6) is 1.73. The van der Waals surface area contributed by atoms with Crippen molar-refractivity contribution in [2.45, 2.75) is 6.92 Å². The minimum atomic E-state index is 0.0165. The van der Waals surface area contributed by atoms with Crippen LogP contribution in [0.3, 0.4) is 0 Å². The summed E-state index contributed by atoms with van der Waals surface area (Å²) in [5, 5.41) is 3.92. The Morgan fingerprint density at radius 1 is 1.08 bits per heavy atom. The van der Waals surface area contributed by atoms with Crippen molar-refractivity contribution in [3.8, 4) is 5.82 Å². The summed E-state index contributed by atoms with van der Waals surface area (Å²) in [6, 6.07) is 5.89. The third kappa shape index (κ3) is 3.10. The second kappa shape index (κ2) is 6.60. The number of anilines is 1. The van der Waals surface area contributed by atoms with E-state index in [4.69, 9.17) is 0 Å². The Balaban J connectivity index is 1.45. The number of amides is 1. The first-order chi connectivity index (χ1) is 12.2. The van der Waals surface area contributed by atoms with Crippen LogP contribution in [-0.2, 0) is 0 Å². The van der Waals surface area contributed by atoms with Gasteiger partial charge in [0.15, 0.2) is 0 Å². The van der Waals surface area contributed by atoms with E-state index in [0.717, 1.165) is 36.3 Å². The number of rotatable bonds is 3. The van der Waals surface area contributed by atoms with Gasteiger partial charge in [0, 0.05) is 44.6 Å². The van der Waals surface area contributed by atoms with Gasteiger partial charge in [-0.25, -0.2) is 9.97 Å². The lowest BCUT2D eigenvalue weighted by molar-refractivity contribution is 0.0750. The summed E-state index contributed by atoms with van der Waals surface area (Å²) >= 11 is 1.16. The van der Waals surface area contributed by atoms with E-state index < -0.39 is 0 Å². The van der Waals surface area contributed by atoms with Crippen LogP contribution < -0.4 is 4.90 Å². The first-order valence-electron chi connectivity index (χ1n) is 8.01. The Bertz CT molecular complexity index is 868. The highest BCUT2D eigenvalue weighted by atomic mass is 32.1. The van der Waals surface area contributed by atoms with Gasteiger partial charge >= 0.3 is 0 Å². The standard InChI is InChI=1S/C16H17N7OS/c1-12-15(25-20-19-12)16(24)23-8-6-22(7-9-23)14-10-13(17-11-18-14)21-4-2-3-5-21/h2-5,10-11H,6-9H2,1H3. The molecule has 0 N–H and O–H groups in total. The van der Waals surface area contributed by atoms with Gasteiger partial charge in [0.05, 0.1) is 5.69 Å². The van der Waals surface area contributed by atoms with E-state index in [0.29, 0.717) is 23.7 Å². The molecule has 0 spiro atoms. The molecule has 1 aliphatic rings. The predicted molar refractivity (Wildman–Crippen MR) is 94.1 cm³/mol. The second-order valence-electron chi connectivity index (χ2n) is 5.79. The minimum Gasteiger partial charge on any atom is -0.353 e. The van der Waals surface area contributed by atoms with E-state index in [9.17, 15) is 4.79 Å². The molecule has 1 saturated heterocycles. The first kappa shape index (κ1) is 15.7. The molecule has 4 heterocycles. The van der Waals surface area contributed by atoms with Gasteiger partial charge in [-0.1, -0.05) is 4.49 Å². The molecular formula is C16H17N7OS. The normalized spacial score (nSPS) is 14.8. The summed E-state index contributed by atoms with van der Waals surface area (Å²) in [6.45, 7) is 4.59. The van der Waals surface area contributed by atoms with Crippen LogP contribution in [-0.4, -0.2) is 61.1 Å². The average Bonchev–Trinajstić information content (AvgIpc) is 3.33. The maximum atomic E-state index is 12.5. The quantitative estimate of drug-likeness (QED) is 0.706. The fraction of sp³-hybridized carbons (Fsp3) is 0.312. The van der Waals surface area contributed by atoms with E-state index in [1.54, 1.807) is 6.33 Å². The van der Waals surface area contributed by atoms with Crippen LogP contribution in [0.4, 0.5) is 5.82 Å². The zero-order chi connectivity index (χ0) is 17.2.